The first kappa shape index (κ1) is 16.9. The van der Waals surface area contributed by atoms with Gasteiger partial charge in [0.25, 0.3) is 0 Å². The first-order chi connectivity index (χ1) is 9.25. The highest BCUT2D eigenvalue weighted by molar-refractivity contribution is 5.25. The van der Waals surface area contributed by atoms with E-state index in [4.69, 9.17) is 4.74 Å². The average Bonchev–Trinajstić information content (AvgIpc) is 2.32. The van der Waals surface area contributed by atoms with E-state index in [1.807, 2.05) is 20.8 Å². The van der Waals surface area contributed by atoms with Gasteiger partial charge in [-0.15, -0.1) is 0 Å². The summed E-state index contributed by atoms with van der Waals surface area (Å²) in [4.78, 5) is 0. The fourth-order valence-electron chi connectivity index (χ4n) is 2.33. The standard InChI is InChI=1S/C15H23F2NO2/c1-10(2)18-15(4,9-19)8-11(3)20-14-7-12(16)5-6-13(14)17/h5-7,10-11,18-19H,8-9H2,1-4H3. The van der Waals surface area contributed by atoms with Crippen molar-refractivity contribution < 1.29 is 18.6 Å². The molecule has 0 aliphatic rings. The molecule has 2 N–H and O–H groups in total. The first-order valence-electron chi connectivity index (χ1n) is 6.76. The lowest BCUT2D eigenvalue weighted by atomic mass is 9.94. The maximum absolute atomic E-state index is 13.5. The van der Waals surface area contributed by atoms with Crippen molar-refractivity contribution in [2.45, 2.75) is 51.8 Å². The SMILES string of the molecule is CC(C)NC(C)(CO)CC(C)Oc1cc(F)ccc1F. The van der Waals surface area contributed by atoms with Gasteiger partial charge in [0.2, 0.25) is 0 Å². The summed E-state index contributed by atoms with van der Waals surface area (Å²) in [5.74, 6) is -1.25. The smallest absolute Gasteiger partial charge is 0.165 e. The van der Waals surface area contributed by atoms with Gasteiger partial charge in [-0.3, -0.25) is 0 Å². The summed E-state index contributed by atoms with van der Waals surface area (Å²) < 4.78 is 32.0. The van der Waals surface area contributed by atoms with Gasteiger partial charge >= 0.3 is 0 Å². The lowest BCUT2D eigenvalue weighted by Crippen LogP contribution is -2.51. The summed E-state index contributed by atoms with van der Waals surface area (Å²) in [5, 5.41) is 12.7. The summed E-state index contributed by atoms with van der Waals surface area (Å²) in [6.45, 7) is 7.52. The minimum atomic E-state index is -0.597. The molecule has 0 spiro atoms. The van der Waals surface area contributed by atoms with Crippen molar-refractivity contribution in [2.75, 3.05) is 6.61 Å². The lowest BCUT2D eigenvalue weighted by molar-refractivity contribution is 0.102. The van der Waals surface area contributed by atoms with Crippen molar-refractivity contribution in [1.29, 1.82) is 0 Å². The van der Waals surface area contributed by atoms with Crippen LogP contribution in [0.3, 0.4) is 0 Å². The average molecular weight is 287 g/mol. The molecule has 0 aliphatic carbocycles. The molecular weight excluding hydrogens is 264 g/mol. The van der Waals surface area contributed by atoms with E-state index in [9.17, 15) is 13.9 Å². The highest BCUT2D eigenvalue weighted by atomic mass is 19.1. The van der Waals surface area contributed by atoms with E-state index < -0.39 is 17.2 Å². The molecule has 20 heavy (non-hydrogen) atoms. The first-order valence-corrected chi connectivity index (χ1v) is 6.76. The van der Waals surface area contributed by atoms with Gasteiger partial charge < -0.3 is 15.2 Å². The zero-order chi connectivity index (χ0) is 15.3. The van der Waals surface area contributed by atoms with Crippen LogP contribution in [0.25, 0.3) is 0 Å². The van der Waals surface area contributed by atoms with Crippen LogP contribution in [-0.2, 0) is 0 Å². The molecule has 2 atom stereocenters. The predicted octanol–water partition coefficient (Wildman–Crippen LogP) is 2.87. The summed E-state index contributed by atoms with van der Waals surface area (Å²) in [7, 11) is 0. The van der Waals surface area contributed by atoms with Crippen molar-refractivity contribution in [2.24, 2.45) is 0 Å². The topological polar surface area (TPSA) is 41.5 Å². The Kier molecular flexibility index (Phi) is 5.89. The van der Waals surface area contributed by atoms with Gasteiger partial charge in [-0.05, 0) is 26.0 Å². The van der Waals surface area contributed by atoms with Crippen molar-refractivity contribution in [3.05, 3.63) is 29.8 Å². The molecule has 0 saturated heterocycles. The molecule has 0 heterocycles. The lowest BCUT2D eigenvalue weighted by Gasteiger charge is -2.33. The minimum absolute atomic E-state index is 0.0650. The number of rotatable bonds is 7. The van der Waals surface area contributed by atoms with Crippen molar-refractivity contribution in [1.82, 2.24) is 5.32 Å². The zero-order valence-electron chi connectivity index (χ0n) is 12.4. The Morgan fingerprint density at radius 2 is 1.95 bits per heavy atom. The summed E-state index contributed by atoms with van der Waals surface area (Å²) in [6, 6.07) is 3.31. The van der Waals surface area contributed by atoms with Gasteiger partial charge in [-0.25, -0.2) is 8.78 Å². The molecular formula is C15H23F2NO2. The molecule has 0 aliphatic heterocycles. The highest BCUT2D eigenvalue weighted by Gasteiger charge is 2.27. The number of aliphatic hydroxyl groups excluding tert-OH is 1. The second-order valence-electron chi connectivity index (χ2n) is 5.73. The van der Waals surface area contributed by atoms with E-state index in [0.29, 0.717) is 6.42 Å². The number of benzene rings is 1. The molecule has 0 radical (unpaired) electrons. The normalized spacial score (nSPS) is 16.0. The Morgan fingerprint density at radius 3 is 2.50 bits per heavy atom. The Morgan fingerprint density at radius 1 is 1.30 bits per heavy atom. The van der Waals surface area contributed by atoms with E-state index in [1.54, 1.807) is 6.92 Å². The third kappa shape index (κ3) is 5.06. The zero-order valence-corrected chi connectivity index (χ0v) is 12.4. The number of aliphatic hydroxyl groups is 1. The molecule has 0 aromatic heterocycles. The van der Waals surface area contributed by atoms with Gasteiger partial charge in [0.1, 0.15) is 5.82 Å². The number of halogens is 2. The third-order valence-corrected chi connectivity index (χ3v) is 2.95. The fraction of sp³-hybridized carbons (Fsp3) is 0.600. The van der Waals surface area contributed by atoms with Crippen molar-refractivity contribution in [3.8, 4) is 5.75 Å². The number of ether oxygens (including phenoxy) is 1. The van der Waals surface area contributed by atoms with E-state index in [2.05, 4.69) is 5.32 Å². The molecule has 0 fully saturated rings. The largest absolute Gasteiger partial charge is 0.487 e. The summed E-state index contributed by atoms with van der Waals surface area (Å²) in [5.41, 5.74) is -0.530. The van der Waals surface area contributed by atoms with Gasteiger partial charge in [0.05, 0.1) is 12.7 Å². The molecule has 114 valence electrons. The van der Waals surface area contributed by atoms with Gasteiger partial charge in [-0.1, -0.05) is 13.8 Å². The van der Waals surface area contributed by atoms with Crippen molar-refractivity contribution in [3.63, 3.8) is 0 Å². The molecule has 1 rings (SSSR count). The van der Waals surface area contributed by atoms with Crippen LogP contribution in [0.1, 0.15) is 34.1 Å². The molecule has 1 aromatic carbocycles. The van der Waals surface area contributed by atoms with E-state index >= 15 is 0 Å². The van der Waals surface area contributed by atoms with Gasteiger partial charge in [-0.2, -0.15) is 0 Å². The molecule has 5 heteroatoms. The van der Waals surface area contributed by atoms with Crippen LogP contribution in [0.2, 0.25) is 0 Å². The highest BCUT2D eigenvalue weighted by Crippen LogP contribution is 2.22. The fourth-order valence-corrected chi connectivity index (χ4v) is 2.33. The molecule has 3 nitrogen and oxygen atoms in total. The van der Waals surface area contributed by atoms with E-state index in [1.165, 1.54) is 0 Å². The van der Waals surface area contributed by atoms with Crippen LogP contribution in [0.15, 0.2) is 18.2 Å². The number of hydrogen-bond donors (Lipinski definition) is 2. The number of hydrogen-bond acceptors (Lipinski definition) is 3. The third-order valence-electron chi connectivity index (χ3n) is 2.95. The summed E-state index contributed by atoms with van der Waals surface area (Å²) in [6.07, 6.45) is 0.104. The van der Waals surface area contributed by atoms with Gasteiger partial charge in [0, 0.05) is 24.1 Å². The maximum atomic E-state index is 13.5. The maximum Gasteiger partial charge on any atom is 0.165 e. The Hall–Kier alpha value is -1.20. The second-order valence-corrected chi connectivity index (χ2v) is 5.73. The molecule has 2 unspecified atom stereocenters. The molecule has 1 aromatic rings. The Labute approximate surface area is 119 Å². The van der Waals surface area contributed by atoms with Crippen LogP contribution >= 0.6 is 0 Å². The minimum Gasteiger partial charge on any atom is -0.487 e. The van der Waals surface area contributed by atoms with E-state index in [-0.39, 0.29) is 24.5 Å². The van der Waals surface area contributed by atoms with Crippen LogP contribution in [0.5, 0.6) is 5.75 Å². The molecule has 0 bridgehead atoms. The Balaban J connectivity index is 2.70. The Bertz CT molecular complexity index is 440. The summed E-state index contributed by atoms with van der Waals surface area (Å²) >= 11 is 0. The van der Waals surface area contributed by atoms with Crippen LogP contribution < -0.4 is 10.1 Å². The second kappa shape index (κ2) is 6.99. The van der Waals surface area contributed by atoms with E-state index in [0.717, 1.165) is 18.2 Å². The van der Waals surface area contributed by atoms with Crippen LogP contribution in [0.4, 0.5) is 8.78 Å². The van der Waals surface area contributed by atoms with Crippen molar-refractivity contribution >= 4 is 0 Å². The quantitative estimate of drug-likeness (QED) is 0.810. The van der Waals surface area contributed by atoms with Crippen LogP contribution in [0, 0.1) is 11.6 Å². The molecule has 0 amide bonds. The monoisotopic (exact) mass is 287 g/mol. The number of nitrogens with one attached hydrogen (secondary N) is 1. The predicted molar refractivity (Wildman–Crippen MR) is 74.8 cm³/mol. The van der Waals surface area contributed by atoms with Gasteiger partial charge in [0.15, 0.2) is 11.6 Å². The molecule has 0 saturated carbocycles. The van der Waals surface area contributed by atoms with Crippen LogP contribution in [-0.4, -0.2) is 29.4 Å².